The first-order chi connectivity index (χ1) is 15.8. The van der Waals surface area contributed by atoms with E-state index in [1.165, 1.54) is 18.2 Å². The van der Waals surface area contributed by atoms with Crippen molar-refractivity contribution >= 4 is 6.01 Å². The second-order valence-electron chi connectivity index (χ2n) is 9.99. The van der Waals surface area contributed by atoms with Crippen molar-refractivity contribution in [1.82, 2.24) is 15.2 Å². The van der Waals surface area contributed by atoms with Crippen LogP contribution in [0.25, 0.3) is 11.3 Å². The monoisotopic (exact) mass is 452 g/mol. The summed E-state index contributed by atoms with van der Waals surface area (Å²) in [6, 6.07) is 6.31. The Labute approximate surface area is 191 Å². The van der Waals surface area contributed by atoms with Gasteiger partial charge < -0.3 is 14.1 Å². The average molecular weight is 453 g/mol. The van der Waals surface area contributed by atoms with E-state index in [9.17, 15) is 8.78 Å². The highest BCUT2D eigenvalue weighted by molar-refractivity contribution is 5.63. The van der Waals surface area contributed by atoms with Crippen LogP contribution in [0.5, 0.6) is 0 Å². The van der Waals surface area contributed by atoms with E-state index in [1.54, 1.807) is 6.26 Å². The summed E-state index contributed by atoms with van der Waals surface area (Å²) in [6.45, 7) is 8.34. The lowest BCUT2D eigenvalue weighted by Gasteiger charge is -2.47. The Bertz CT molecular complexity index is 1220. The van der Waals surface area contributed by atoms with Crippen LogP contribution < -0.4 is 4.90 Å². The van der Waals surface area contributed by atoms with Gasteiger partial charge in [0.05, 0.1) is 35.4 Å². The van der Waals surface area contributed by atoms with Crippen molar-refractivity contribution in [3.05, 3.63) is 59.1 Å². The van der Waals surface area contributed by atoms with Crippen molar-refractivity contribution in [1.29, 1.82) is 0 Å². The summed E-state index contributed by atoms with van der Waals surface area (Å²) in [5.41, 5.74) is 2.42. The smallest absolute Gasteiger partial charge is 0.297 e. The van der Waals surface area contributed by atoms with Crippen molar-refractivity contribution in [2.24, 2.45) is 5.41 Å². The molecule has 3 aromatic rings. The van der Waals surface area contributed by atoms with Crippen molar-refractivity contribution in [3.8, 4) is 11.3 Å². The van der Waals surface area contributed by atoms with Gasteiger partial charge in [0.2, 0.25) is 0 Å². The third kappa shape index (κ3) is 2.76. The zero-order valence-corrected chi connectivity index (χ0v) is 18.9. The van der Waals surface area contributed by atoms with Gasteiger partial charge in [0.1, 0.15) is 17.9 Å². The van der Waals surface area contributed by atoms with E-state index in [0.29, 0.717) is 25.7 Å². The van der Waals surface area contributed by atoms with Crippen LogP contribution in [0, 0.1) is 24.0 Å². The molecule has 2 bridgehead atoms. The summed E-state index contributed by atoms with van der Waals surface area (Å²) in [5.74, 6) is -1.04. The van der Waals surface area contributed by atoms with Gasteiger partial charge in [0.25, 0.3) is 6.01 Å². The highest BCUT2D eigenvalue weighted by Crippen LogP contribution is 2.69. The van der Waals surface area contributed by atoms with E-state index in [1.807, 2.05) is 13.0 Å². The molecule has 3 atom stereocenters. The van der Waals surface area contributed by atoms with Crippen LogP contribution >= 0.6 is 0 Å². The number of anilines is 1. The molecule has 6 nitrogen and oxygen atoms in total. The molecule has 3 heterocycles. The largest absolute Gasteiger partial charge is 0.432 e. The predicted octanol–water partition coefficient (Wildman–Crippen LogP) is 4.78. The molecule has 1 aliphatic heterocycles. The summed E-state index contributed by atoms with van der Waals surface area (Å²) in [5, 5.41) is 8.94. The van der Waals surface area contributed by atoms with Gasteiger partial charge in [0.15, 0.2) is 0 Å². The molecule has 3 aliphatic rings. The molecule has 1 saturated carbocycles. The molecule has 1 saturated heterocycles. The Balaban J connectivity index is 1.42. The summed E-state index contributed by atoms with van der Waals surface area (Å²) in [6.07, 6.45) is 3.45. The predicted molar refractivity (Wildman–Crippen MR) is 118 cm³/mol. The zero-order valence-electron chi connectivity index (χ0n) is 18.9. The molecule has 8 heteroatoms. The number of aromatic nitrogens is 3. The van der Waals surface area contributed by atoms with Gasteiger partial charge >= 0.3 is 0 Å². The number of aryl methyl sites for hydroxylation is 1. The second kappa shape index (κ2) is 7.06. The standard InChI is InChI=1S/C25H26F2N4O2/c1-14-13-33-23(28-14)31-9-10-32-20(12-31)25-8-7-16(24(25,2)3)15-11-19(29-30-22(15)25)21-17(26)5-4-6-18(21)27/h4-6,11,13,16,20H,7-10,12H2,1-3H3/t16-,20+,25-/m0/s1. The molecule has 2 fully saturated rings. The van der Waals surface area contributed by atoms with Gasteiger partial charge in [-0.25, -0.2) is 8.78 Å². The van der Waals surface area contributed by atoms with Gasteiger partial charge in [-0.2, -0.15) is 15.2 Å². The van der Waals surface area contributed by atoms with Crippen LogP contribution in [0.1, 0.15) is 49.6 Å². The maximum Gasteiger partial charge on any atom is 0.297 e. The third-order valence-electron chi connectivity index (χ3n) is 8.18. The van der Waals surface area contributed by atoms with Gasteiger partial charge in [0, 0.05) is 18.5 Å². The van der Waals surface area contributed by atoms with E-state index < -0.39 is 11.6 Å². The molecular formula is C25H26F2N4O2. The Morgan fingerprint density at radius 2 is 1.94 bits per heavy atom. The Kier molecular flexibility index (Phi) is 4.43. The van der Waals surface area contributed by atoms with Crippen LogP contribution in [0.15, 0.2) is 34.9 Å². The Morgan fingerprint density at radius 3 is 2.67 bits per heavy atom. The Hall–Kier alpha value is -2.87. The molecule has 1 aromatic carbocycles. The highest BCUT2D eigenvalue weighted by atomic mass is 19.1. The van der Waals surface area contributed by atoms with E-state index in [4.69, 9.17) is 9.15 Å². The van der Waals surface area contributed by atoms with Crippen molar-refractivity contribution in [3.63, 3.8) is 0 Å². The van der Waals surface area contributed by atoms with Gasteiger partial charge in [-0.3, -0.25) is 0 Å². The van der Waals surface area contributed by atoms with E-state index in [2.05, 4.69) is 33.9 Å². The number of hydrogen-bond acceptors (Lipinski definition) is 6. The average Bonchev–Trinajstić information content (AvgIpc) is 3.40. The van der Waals surface area contributed by atoms with Crippen LogP contribution in [-0.4, -0.2) is 41.0 Å². The number of rotatable bonds is 3. The number of morpholine rings is 1. The molecular weight excluding hydrogens is 426 g/mol. The topological polar surface area (TPSA) is 64.3 Å². The minimum atomic E-state index is -0.631. The summed E-state index contributed by atoms with van der Waals surface area (Å²) >= 11 is 0. The van der Waals surface area contributed by atoms with Gasteiger partial charge in [-0.15, -0.1) is 0 Å². The van der Waals surface area contributed by atoms with Crippen LogP contribution in [0.3, 0.4) is 0 Å². The Morgan fingerprint density at radius 1 is 1.15 bits per heavy atom. The number of nitrogens with zero attached hydrogens (tertiary/aromatic N) is 4. The van der Waals surface area contributed by atoms with Crippen molar-refractivity contribution < 1.29 is 17.9 Å². The van der Waals surface area contributed by atoms with Crippen LogP contribution in [0.4, 0.5) is 14.8 Å². The fraction of sp³-hybridized carbons (Fsp3) is 0.480. The first-order valence-electron chi connectivity index (χ1n) is 11.4. The third-order valence-corrected chi connectivity index (χ3v) is 8.18. The minimum Gasteiger partial charge on any atom is -0.432 e. The SMILES string of the molecule is Cc1coc(N2CCO[C@@H]([C@@]34CC[C@@H](c5cc(-c6c(F)cccc6F)nnc53)C4(C)C)C2)n1. The number of halogens is 2. The quantitative estimate of drug-likeness (QED) is 0.570. The minimum absolute atomic E-state index is 0.120. The summed E-state index contributed by atoms with van der Waals surface area (Å²) in [4.78, 5) is 6.63. The van der Waals surface area contributed by atoms with E-state index in [-0.39, 0.29) is 34.1 Å². The molecule has 0 N–H and O–H groups in total. The van der Waals surface area contributed by atoms with Gasteiger partial charge in [-0.1, -0.05) is 19.9 Å². The molecule has 2 aliphatic carbocycles. The van der Waals surface area contributed by atoms with Gasteiger partial charge in [-0.05, 0) is 54.9 Å². The van der Waals surface area contributed by atoms with Crippen LogP contribution in [-0.2, 0) is 10.2 Å². The zero-order chi connectivity index (χ0) is 23.0. The molecule has 2 aromatic heterocycles. The lowest BCUT2D eigenvalue weighted by Crippen LogP contribution is -2.56. The molecule has 0 unspecified atom stereocenters. The lowest BCUT2D eigenvalue weighted by molar-refractivity contribution is -0.0475. The van der Waals surface area contributed by atoms with E-state index >= 15 is 0 Å². The maximum absolute atomic E-state index is 14.5. The first kappa shape index (κ1) is 20.7. The fourth-order valence-corrected chi connectivity index (χ4v) is 6.55. The van der Waals surface area contributed by atoms with Crippen LogP contribution in [0.2, 0.25) is 0 Å². The number of ether oxygens (including phenoxy) is 1. The van der Waals surface area contributed by atoms with Crippen molar-refractivity contribution in [2.75, 3.05) is 24.6 Å². The molecule has 6 rings (SSSR count). The number of fused-ring (bicyclic) bond motifs is 5. The second-order valence-corrected chi connectivity index (χ2v) is 9.99. The molecule has 33 heavy (non-hydrogen) atoms. The van der Waals surface area contributed by atoms with Crippen molar-refractivity contribution in [2.45, 2.75) is 51.0 Å². The number of hydrogen-bond donors (Lipinski definition) is 0. The maximum atomic E-state index is 14.5. The first-order valence-corrected chi connectivity index (χ1v) is 11.4. The van der Waals surface area contributed by atoms with E-state index in [0.717, 1.165) is 29.8 Å². The number of oxazole rings is 1. The number of benzene rings is 1. The summed E-state index contributed by atoms with van der Waals surface area (Å²) < 4.78 is 41.0. The molecule has 0 spiro atoms. The highest BCUT2D eigenvalue weighted by Gasteiger charge is 2.67. The summed E-state index contributed by atoms with van der Waals surface area (Å²) in [7, 11) is 0. The fourth-order valence-electron chi connectivity index (χ4n) is 6.55. The molecule has 0 amide bonds. The molecule has 0 radical (unpaired) electrons. The molecule has 172 valence electrons. The normalized spacial score (nSPS) is 27.7. The lowest BCUT2D eigenvalue weighted by atomic mass is 9.64.